The molecule has 0 unspecified atom stereocenters. The Morgan fingerprint density at radius 2 is 1.36 bits per heavy atom. The number of hydrogen-bond donors (Lipinski definition) is 0. The van der Waals surface area contributed by atoms with E-state index < -0.39 is 0 Å². The van der Waals surface area contributed by atoms with Crippen LogP contribution in [0, 0.1) is 0 Å². The zero-order chi connectivity index (χ0) is 17.1. The smallest absolute Gasteiger partial charge is 0.0731 e. The summed E-state index contributed by atoms with van der Waals surface area (Å²) < 4.78 is 1.28. The minimum Gasteiger partial charge on any atom is -0.128 e. The average molecular weight is 379 g/mol. The van der Waals surface area contributed by atoms with Crippen molar-refractivity contribution in [3.63, 3.8) is 0 Å². The van der Waals surface area contributed by atoms with E-state index >= 15 is 0 Å². The van der Waals surface area contributed by atoms with Crippen LogP contribution in [-0.2, 0) is 0 Å². The van der Waals surface area contributed by atoms with Crippen molar-refractivity contribution >= 4 is 34.7 Å². The molecule has 25 heavy (non-hydrogen) atoms. The molecule has 0 radical (unpaired) electrons. The molecule has 0 N–H and O–H groups in total. The standard InChI is InChI=1S/C22H15ClS2/c23-18-12-7-13-19(14-18)24-22-20(16-8-3-1-4-9-16)15-21(25-22)17-10-5-2-6-11-17/h1-15H. The first kappa shape index (κ1) is 16.5. The van der Waals surface area contributed by atoms with Gasteiger partial charge in [-0.25, -0.2) is 0 Å². The van der Waals surface area contributed by atoms with Crippen LogP contribution in [0.3, 0.4) is 0 Å². The molecule has 0 atom stereocenters. The summed E-state index contributed by atoms with van der Waals surface area (Å²) in [4.78, 5) is 2.44. The monoisotopic (exact) mass is 378 g/mol. The third kappa shape index (κ3) is 3.82. The summed E-state index contributed by atoms with van der Waals surface area (Å²) in [5.74, 6) is 0. The van der Waals surface area contributed by atoms with E-state index in [1.807, 2.05) is 29.5 Å². The molecule has 0 spiro atoms. The van der Waals surface area contributed by atoms with E-state index in [4.69, 9.17) is 11.6 Å². The van der Waals surface area contributed by atoms with Gasteiger partial charge in [0.2, 0.25) is 0 Å². The van der Waals surface area contributed by atoms with Gasteiger partial charge in [-0.3, -0.25) is 0 Å². The van der Waals surface area contributed by atoms with E-state index in [1.165, 1.54) is 25.8 Å². The highest BCUT2D eigenvalue weighted by Crippen LogP contribution is 2.45. The van der Waals surface area contributed by atoms with E-state index in [1.54, 1.807) is 11.8 Å². The Labute approximate surface area is 161 Å². The van der Waals surface area contributed by atoms with Crippen molar-refractivity contribution in [1.29, 1.82) is 0 Å². The highest BCUT2D eigenvalue weighted by molar-refractivity contribution is 8.01. The predicted molar refractivity (Wildman–Crippen MR) is 111 cm³/mol. The van der Waals surface area contributed by atoms with Crippen LogP contribution in [0.1, 0.15) is 0 Å². The Morgan fingerprint density at radius 3 is 2.04 bits per heavy atom. The number of hydrogen-bond acceptors (Lipinski definition) is 2. The maximum Gasteiger partial charge on any atom is 0.0731 e. The average Bonchev–Trinajstić information content (AvgIpc) is 3.07. The van der Waals surface area contributed by atoms with Crippen LogP contribution < -0.4 is 0 Å². The summed E-state index contributed by atoms with van der Waals surface area (Å²) in [6.07, 6.45) is 0. The van der Waals surface area contributed by atoms with Crippen LogP contribution in [0.25, 0.3) is 21.6 Å². The van der Waals surface area contributed by atoms with Gasteiger partial charge in [-0.1, -0.05) is 90.1 Å². The highest BCUT2D eigenvalue weighted by atomic mass is 35.5. The van der Waals surface area contributed by atoms with Crippen molar-refractivity contribution in [2.45, 2.75) is 9.10 Å². The molecule has 4 aromatic rings. The van der Waals surface area contributed by atoms with Gasteiger partial charge in [0.1, 0.15) is 0 Å². The SMILES string of the molecule is Clc1cccc(Sc2sc(-c3ccccc3)cc2-c2ccccc2)c1. The van der Waals surface area contributed by atoms with Gasteiger partial charge in [0, 0.05) is 20.4 Å². The first-order valence-corrected chi connectivity index (χ1v) is 9.99. The Balaban J connectivity index is 1.79. The fourth-order valence-electron chi connectivity index (χ4n) is 2.65. The lowest BCUT2D eigenvalue weighted by Gasteiger charge is -2.04. The molecule has 4 rings (SSSR count). The van der Waals surface area contributed by atoms with Gasteiger partial charge in [0.15, 0.2) is 0 Å². The second-order valence-electron chi connectivity index (χ2n) is 5.60. The van der Waals surface area contributed by atoms with Crippen LogP contribution in [0.15, 0.2) is 100 Å². The summed E-state index contributed by atoms with van der Waals surface area (Å²) in [6.45, 7) is 0. The van der Waals surface area contributed by atoms with Gasteiger partial charge >= 0.3 is 0 Å². The summed E-state index contributed by atoms with van der Waals surface area (Å²) >= 11 is 9.76. The fourth-order valence-corrected chi connectivity index (χ4v) is 5.38. The van der Waals surface area contributed by atoms with Crippen LogP contribution in [0.4, 0.5) is 0 Å². The van der Waals surface area contributed by atoms with Crippen molar-refractivity contribution in [2.75, 3.05) is 0 Å². The molecule has 0 aliphatic rings. The molecular weight excluding hydrogens is 364 g/mol. The van der Waals surface area contributed by atoms with Crippen LogP contribution in [-0.4, -0.2) is 0 Å². The van der Waals surface area contributed by atoms with Gasteiger partial charge in [-0.15, -0.1) is 11.3 Å². The number of benzene rings is 3. The van der Waals surface area contributed by atoms with Crippen LogP contribution >= 0.6 is 34.7 Å². The van der Waals surface area contributed by atoms with Crippen molar-refractivity contribution in [2.24, 2.45) is 0 Å². The van der Waals surface area contributed by atoms with Gasteiger partial charge in [-0.2, -0.15) is 0 Å². The minimum atomic E-state index is 0.770. The fraction of sp³-hybridized carbons (Fsp3) is 0. The molecule has 3 aromatic carbocycles. The van der Waals surface area contributed by atoms with E-state index in [2.05, 4.69) is 72.8 Å². The molecule has 0 fully saturated rings. The topological polar surface area (TPSA) is 0 Å². The van der Waals surface area contributed by atoms with Gasteiger partial charge < -0.3 is 0 Å². The number of rotatable bonds is 4. The highest BCUT2D eigenvalue weighted by Gasteiger charge is 2.13. The Morgan fingerprint density at radius 1 is 0.680 bits per heavy atom. The molecular formula is C22H15ClS2. The second kappa shape index (κ2) is 7.49. The Bertz CT molecular complexity index is 975. The Hall–Kier alpha value is -2.00. The lowest BCUT2D eigenvalue weighted by atomic mass is 10.1. The minimum absolute atomic E-state index is 0.770. The third-order valence-corrected chi connectivity index (χ3v) is 6.46. The lowest BCUT2D eigenvalue weighted by molar-refractivity contribution is 1.45. The van der Waals surface area contributed by atoms with Crippen LogP contribution in [0.2, 0.25) is 5.02 Å². The second-order valence-corrected chi connectivity index (χ2v) is 8.43. The molecule has 1 heterocycles. The molecule has 0 bridgehead atoms. The Kier molecular flexibility index (Phi) is 4.93. The zero-order valence-corrected chi connectivity index (χ0v) is 15.7. The van der Waals surface area contributed by atoms with E-state index in [0.29, 0.717) is 0 Å². The molecule has 0 aliphatic carbocycles. The van der Waals surface area contributed by atoms with Crippen molar-refractivity contribution < 1.29 is 0 Å². The van der Waals surface area contributed by atoms with Crippen molar-refractivity contribution in [1.82, 2.24) is 0 Å². The largest absolute Gasteiger partial charge is 0.128 e. The van der Waals surface area contributed by atoms with Gasteiger partial charge in [0.25, 0.3) is 0 Å². The number of thiophene rings is 1. The normalized spacial score (nSPS) is 10.8. The van der Waals surface area contributed by atoms with Gasteiger partial charge in [-0.05, 0) is 35.4 Å². The van der Waals surface area contributed by atoms with Crippen molar-refractivity contribution in [3.05, 3.63) is 96.0 Å². The molecule has 3 heteroatoms. The summed E-state index contributed by atoms with van der Waals surface area (Å²) in [6, 6.07) is 31.4. The quantitative estimate of drug-likeness (QED) is 0.348. The molecule has 0 saturated heterocycles. The van der Waals surface area contributed by atoms with Crippen molar-refractivity contribution in [3.8, 4) is 21.6 Å². The zero-order valence-electron chi connectivity index (χ0n) is 13.4. The first-order chi connectivity index (χ1) is 12.3. The third-order valence-electron chi connectivity index (χ3n) is 3.85. The van der Waals surface area contributed by atoms with E-state index in [9.17, 15) is 0 Å². The molecule has 0 amide bonds. The van der Waals surface area contributed by atoms with Gasteiger partial charge in [0.05, 0.1) is 4.21 Å². The summed E-state index contributed by atoms with van der Waals surface area (Å²) in [5.41, 5.74) is 3.77. The van der Waals surface area contributed by atoms with Crippen LogP contribution in [0.5, 0.6) is 0 Å². The molecule has 0 aliphatic heterocycles. The molecule has 1 aromatic heterocycles. The van der Waals surface area contributed by atoms with E-state index in [-0.39, 0.29) is 0 Å². The maximum atomic E-state index is 6.16. The molecule has 0 nitrogen and oxygen atoms in total. The molecule has 0 saturated carbocycles. The molecule has 122 valence electrons. The first-order valence-electron chi connectivity index (χ1n) is 7.98. The maximum absolute atomic E-state index is 6.16. The predicted octanol–water partition coefficient (Wildman–Crippen LogP) is 7.89. The summed E-state index contributed by atoms with van der Waals surface area (Å²) in [5, 5.41) is 0.770. The van der Waals surface area contributed by atoms with E-state index in [0.717, 1.165) is 9.92 Å². The summed E-state index contributed by atoms with van der Waals surface area (Å²) in [7, 11) is 0. The number of halogens is 1. The lowest BCUT2D eigenvalue weighted by Crippen LogP contribution is -1.76.